The molecule has 0 aliphatic carbocycles. The third-order valence-electron chi connectivity index (χ3n) is 2.78. The van der Waals surface area contributed by atoms with Gasteiger partial charge in [-0.05, 0) is 30.2 Å². The van der Waals surface area contributed by atoms with Crippen LogP contribution >= 0.6 is 0 Å². The van der Waals surface area contributed by atoms with Gasteiger partial charge < -0.3 is 5.73 Å². The Hall–Kier alpha value is -1.53. The molecule has 1 aromatic rings. The standard InChI is InChI=1S/C12H17N3O2S/c1-2-3-10-4-6-11(7-5-10)18(16,17)15-9-8-12(13)14-15/h4-8,14H,2-3,9,13H2,1H3. The Balaban J connectivity index is 2.20. The summed E-state index contributed by atoms with van der Waals surface area (Å²) in [5.74, 6) is 0.362. The van der Waals surface area contributed by atoms with Crippen molar-refractivity contribution in [2.75, 3.05) is 6.54 Å². The maximum Gasteiger partial charge on any atom is 0.260 e. The highest BCUT2D eigenvalue weighted by atomic mass is 32.2. The Bertz CT molecular complexity index is 549. The van der Waals surface area contributed by atoms with E-state index < -0.39 is 10.0 Å². The van der Waals surface area contributed by atoms with Crippen LogP contribution in [0.4, 0.5) is 0 Å². The summed E-state index contributed by atoms with van der Waals surface area (Å²) in [7, 11) is -3.51. The van der Waals surface area contributed by atoms with E-state index >= 15 is 0 Å². The topological polar surface area (TPSA) is 75.4 Å². The summed E-state index contributed by atoms with van der Waals surface area (Å²) in [6.07, 6.45) is 3.63. The number of nitrogens with two attached hydrogens (primary N) is 1. The second-order valence-electron chi connectivity index (χ2n) is 4.20. The monoisotopic (exact) mass is 267 g/mol. The zero-order valence-corrected chi connectivity index (χ0v) is 11.1. The van der Waals surface area contributed by atoms with E-state index in [1.54, 1.807) is 18.2 Å². The van der Waals surface area contributed by atoms with Crippen molar-refractivity contribution >= 4 is 10.0 Å². The summed E-state index contributed by atoms with van der Waals surface area (Å²) in [6, 6.07) is 6.97. The molecule has 0 amide bonds. The third kappa shape index (κ3) is 2.49. The predicted molar refractivity (Wildman–Crippen MR) is 69.7 cm³/mol. The first-order valence-corrected chi connectivity index (χ1v) is 7.32. The number of hydrogen-bond acceptors (Lipinski definition) is 4. The summed E-state index contributed by atoms with van der Waals surface area (Å²) in [4.78, 5) is 0.276. The third-order valence-corrected chi connectivity index (χ3v) is 4.47. The van der Waals surface area contributed by atoms with Crippen LogP contribution < -0.4 is 11.2 Å². The molecule has 98 valence electrons. The lowest BCUT2D eigenvalue weighted by molar-refractivity contribution is 0.403. The summed E-state index contributed by atoms with van der Waals surface area (Å²) in [5, 5.41) is 0. The summed E-state index contributed by atoms with van der Waals surface area (Å²) >= 11 is 0. The molecule has 0 spiro atoms. The Labute approximate surface area is 107 Å². The van der Waals surface area contributed by atoms with Crippen LogP contribution in [0.3, 0.4) is 0 Å². The normalized spacial score (nSPS) is 16.4. The lowest BCUT2D eigenvalue weighted by Gasteiger charge is -2.17. The highest BCUT2D eigenvalue weighted by molar-refractivity contribution is 7.89. The molecular weight excluding hydrogens is 250 g/mol. The van der Waals surface area contributed by atoms with Gasteiger partial charge in [-0.15, -0.1) is 4.41 Å². The zero-order chi connectivity index (χ0) is 13.2. The van der Waals surface area contributed by atoms with E-state index in [9.17, 15) is 8.42 Å². The fraction of sp³-hybridized carbons (Fsp3) is 0.333. The van der Waals surface area contributed by atoms with Crippen LogP contribution in [0, 0.1) is 0 Å². The fourth-order valence-corrected chi connectivity index (χ4v) is 3.05. The smallest absolute Gasteiger partial charge is 0.260 e. The van der Waals surface area contributed by atoms with E-state index in [1.807, 2.05) is 12.1 Å². The van der Waals surface area contributed by atoms with Crippen LogP contribution in [-0.4, -0.2) is 19.4 Å². The predicted octanol–water partition coefficient (Wildman–Crippen LogP) is 0.948. The molecule has 3 N–H and O–H groups in total. The first kappa shape index (κ1) is 12.9. The number of nitrogens with one attached hydrogen (secondary N) is 1. The first-order chi connectivity index (χ1) is 8.54. The van der Waals surface area contributed by atoms with Gasteiger partial charge in [0.15, 0.2) is 0 Å². The molecule has 6 heteroatoms. The second-order valence-corrected chi connectivity index (χ2v) is 6.06. The van der Waals surface area contributed by atoms with Gasteiger partial charge in [-0.2, -0.15) is 0 Å². The van der Waals surface area contributed by atoms with Crippen molar-refractivity contribution in [2.45, 2.75) is 24.7 Å². The molecule has 0 aromatic heterocycles. The van der Waals surface area contributed by atoms with E-state index in [2.05, 4.69) is 12.3 Å². The molecule has 1 aliphatic heterocycles. The van der Waals surface area contributed by atoms with Gasteiger partial charge in [0.25, 0.3) is 10.0 Å². The summed E-state index contributed by atoms with van der Waals surface area (Å²) < 4.78 is 25.6. The van der Waals surface area contributed by atoms with Crippen LogP contribution in [0.1, 0.15) is 18.9 Å². The molecular formula is C12H17N3O2S. The average molecular weight is 267 g/mol. The molecule has 0 radical (unpaired) electrons. The Kier molecular flexibility index (Phi) is 3.58. The largest absolute Gasteiger partial charge is 0.385 e. The number of hydrazine groups is 1. The second kappa shape index (κ2) is 4.99. The quantitative estimate of drug-likeness (QED) is 0.851. The highest BCUT2D eigenvalue weighted by Crippen LogP contribution is 2.17. The van der Waals surface area contributed by atoms with E-state index in [1.165, 1.54) is 0 Å². The molecule has 18 heavy (non-hydrogen) atoms. The molecule has 0 bridgehead atoms. The fourth-order valence-electron chi connectivity index (χ4n) is 1.82. The van der Waals surface area contributed by atoms with Gasteiger partial charge in [-0.25, -0.2) is 8.42 Å². The summed E-state index contributed by atoms with van der Waals surface area (Å²) in [6.45, 7) is 2.35. The molecule has 0 fully saturated rings. The number of benzene rings is 1. The zero-order valence-electron chi connectivity index (χ0n) is 10.3. The van der Waals surface area contributed by atoms with Gasteiger partial charge in [0.1, 0.15) is 5.82 Å². The minimum Gasteiger partial charge on any atom is -0.385 e. The van der Waals surface area contributed by atoms with Crippen molar-refractivity contribution in [3.8, 4) is 0 Å². The van der Waals surface area contributed by atoms with E-state index in [-0.39, 0.29) is 11.4 Å². The maximum absolute atomic E-state index is 12.2. The van der Waals surface area contributed by atoms with Crippen LogP contribution in [0.15, 0.2) is 41.1 Å². The number of hydrogen-bond donors (Lipinski definition) is 2. The molecule has 2 rings (SSSR count). The van der Waals surface area contributed by atoms with E-state index in [4.69, 9.17) is 5.73 Å². The van der Waals surface area contributed by atoms with E-state index in [0.29, 0.717) is 5.82 Å². The molecule has 1 heterocycles. The summed E-state index contributed by atoms with van der Waals surface area (Å²) in [5.41, 5.74) is 9.27. The van der Waals surface area contributed by atoms with Crippen LogP contribution in [-0.2, 0) is 16.4 Å². The van der Waals surface area contributed by atoms with Crippen molar-refractivity contribution in [1.82, 2.24) is 9.84 Å². The SMILES string of the molecule is CCCc1ccc(S(=O)(=O)N2CC=C(N)N2)cc1. The number of rotatable bonds is 4. The Morgan fingerprint density at radius 2 is 2.00 bits per heavy atom. The number of aryl methyl sites for hydroxylation is 1. The van der Waals surface area contributed by atoms with Gasteiger partial charge in [0, 0.05) is 0 Å². The van der Waals surface area contributed by atoms with Crippen molar-refractivity contribution in [3.63, 3.8) is 0 Å². The maximum atomic E-state index is 12.2. The van der Waals surface area contributed by atoms with Gasteiger partial charge >= 0.3 is 0 Å². The Morgan fingerprint density at radius 1 is 1.33 bits per heavy atom. The van der Waals surface area contributed by atoms with Gasteiger partial charge in [-0.3, -0.25) is 5.43 Å². The lowest BCUT2D eigenvalue weighted by Crippen LogP contribution is -2.39. The van der Waals surface area contributed by atoms with Gasteiger partial charge in [-0.1, -0.05) is 25.5 Å². The highest BCUT2D eigenvalue weighted by Gasteiger charge is 2.26. The number of nitrogens with zero attached hydrogens (tertiary/aromatic N) is 1. The number of sulfonamides is 1. The van der Waals surface area contributed by atoms with Crippen molar-refractivity contribution in [1.29, 1.82) is 0 Å². The minimum atomic E-state index is -3.51. The average Bonchev–Trinajstić information content (AvgIpc) is 2.78. The van der Waals surface area contributed by atoms with Crippen LogP contribution in [0.2, 0.25) is 0 Å². The molecule has 1 aliphatic rings. The van der Waals surface area contributed by atoms with Crippen LogP contribution in [0.5, 0.6) is 0 Å². The molecule has 1 aromatic carbocycles. The van der Waals surface area contributed by atoms with Crippen LogP contribution in [0.25, 0.3) is 0 Å². The molecule has 0 saturated heterocycles. The minimum absolute atomic E-state index is 0.255. The molecule has 0 unspecified atom stereocenters. The van der Waals surface area contributed by atoms with Crippen molar-refractivity contribution in [3.05, 3.63) is 41.7 Å². The van der Waals surface area contributed by atoms with E-state index in [0.717, 1.165) is 22.8 Å². The van der Waals surface area contributed by atoms with Gasteiger partial charge in [0.2, 0.25) is 0 Å². The lowest BCUT2D eigenvalue weighted by atomic mass is 10.1. The van der Waals surface area contributed by atoms with Gasteiger partial charge in [0.05, 0.1) is 11.4 Å². The van der Waals surface area contributed by atoms with Crippen molar-refractivity contribution in [2.24, 2.45) is 5.73 Å². The Morgan fingerprint density at radius 3 is 2.50 bits per heavy atom. The molecule has 0 saturated carbocycles. The molecule has 0 atom stereocenters. The first-order valence-electron chi connectivity index (χ1n) is 5.88. The van der Waals surface area contributed by atoms with Crippen molar-refractivity contribution < 1.29 is 8.42 Å². The molecule has 5 nitrogen and oxygen atoms in total.